The van der Waals surface area contributed by atoms with Crippen LogP contribution in [0.3, 0.4) is 0 Å². The molecule has 5 nitrogen and oxygen atoms in total. The lowest BCUT2D eigenvalue weighted by atomic mass is 10.1. The SMILES string of the molecule is Nc1ccc(C(=O)O)c(N2CCOC3CCCC32)c1. The standard InChI is InChI=1S/C14H18N2O3/c15-9-4-5-10(14(17)18)12(8-9)16-6-7-19-13-3-1-2-11(13)16/h4-5,8,11,13H,1-3,6-7,15H2,(H,17,18). The Balaban J connectivity index is 2.00. The Morgan fingerprint density at radius 1 is 1.42 bits per heavy atom. The molecule has 3 N–H and O–H groups in total. The van der Waals surface area contributed by atoms with Crippen LogP contribution in [0.15, 0.2) is 18.2 Å². The summed E-state index contributed by atoms with van der Waals surface area (Å²) in [6.07, 6.45) is 3.48. The molecule has 19 heavy (non-hydrogen) atoms. The molecule has 0 radical (unpaired) electrons. The molecule has 1 aromatic rings. The van der Waals surface area contributed by atoms with Gasteiger partial charge in [-0.1, -0.05) is 0 Å². The monoisotopic (exact) mass is 262 g/mol. The van der Waals surface area contributed by atoms with Crippen molar-refractivity contribution in [2.75, 3.05) is 23.8 Å². The van der Waals surface area contributed by atoms with E-state index in [0.29, 0.717) is 17.9 Å². The van der Waals surface area contributed by atoms with E-state index >= 15 is 0 Å². The summed E-state index contributed by atoms with van der Waals surface area (Å²) in [6, 6.07) is 5.28. The smallest absolute Gasteiger partial charge is 0.337 e. The number of aromatic carboxylic acids is 1. The molecule has 102 valence electrons. The number of nitrogens with zero attached hydrogens (tertiary/aromatic N) is 1. The fourth-order valence-corrected chi connectivity index (χ4v) is 3.19. The minimum atomic E-state index is -0.906. The number of rotatable bonds is 2. The number of carboxylic acids is 1. The highest BCUT2D eigenvalue weighted by atomic mass is 16.5. The molecular formula is C14H18N2O3. The molecule has 1 aromatic carbocycles. The summed E-state index contributed by atoms with van der Waals surface area (Å²) in [6.45, 7) is 1.37. The second kappa shape index (κ2) is 4.74. The van der Waals surface area contributed by atoms with Crippen molar-refractivity contribution in [2.45, 2.75) is 31.4 Å². The highest BCUT2D eigenvalue weighted by Crippen LogP contribution is 2.35. The fourth-order valence-electron chi connectivity index (χ4n) is 3.19. The van der Waals surface area contributed by atoms with Gasteiger partial charge in [-0.3, -0.25) is 0 Å². The van der Waals surface area contributed by atoms with Crippen LogP contribution in [0.1, 0.15) is 29.6 Å². The first-order valence-electron chi connectivity index (χ1n) is 6.68. The number of fused-ring (bicyclic) bond motifs is 1. The van der Waals surface area contributed by atoms with Gasteiger partial charge in [0.05, 0.1) is 30.0 Å². The molecule has 1 aliphatic carbocycles. The highest BCUT2D eigenvalue weighted by Gasteiger charge is 2.37. The van der Waals surface area contributed by atoms with Crippen LogP contribution < -0.4 is 10.6 Å². The van der Waals surface area contributed by atoms with E-state index in [4.69, 9.17) is 10.5 Å². The van der Waals surface area contributed by atoms with E-state index in [1.54, 1.807) is 18.2 Å². The van der Waals surface area contributed by atoms with Crippen LogP contribution in [0.25, 0.3) is 0 Å². The maximum absolute atomic E-state index is 11.4. The number of benzene rings is 1. The van der Waals surface area contributed by atoms with Crippen LogP contribution in [0, 0.1) is 0 Å². The van der Waals surface area contributed by atoms with E-state index in [2.05, 4.69) is 4.90 Å². The van der Waals surface area contributed by atoms with Crippen LogP contribution in [0.4, 0.5) is 11.4 Å². The molecule has 0 bridgehead atoms. The third-order valence-electron chi connectivity index (χ3n) is 4.04. The quantitative estimate of drug-likeness (QED) is 0.794. The molecule has 3 rings (SSSR count). The average molecular weight is 262 g/mol. The number of ether oxygens (including phenoxy) is 1. The number of hydrogen-bond acceptors (Lipinski definition) is 4. The average Bonchev–Trinajstić information content (AvgIpc) is 2.86. The zero-order valence-electron chi connectivity index (χ0n) is 10.7. The van der Waals surface area contributed by atoms with Gasteiger partial charge in [0.15, 0.2) is 0 Å². The van der Waals surface area contributed by atoms with E-state index in [0.717, 1.165) is 31.5 Å². The lowest BCUT2D eigenvalue weighted by Gasteiger charge is -2.40. The Labute approximate surface area is 112 Å². The molecule has 1 saturated carbocycles. The normalized spacial score (nSPS) is 26.2. The van der Waals surface area contributed by atoms with Crippen LogP contribution in [0.2, 0.25) is 0 Å². The van der Waals surface area contributed by atoms with Crippen molar-refractivity contribution in [3.8, 4) is 0 Å². The second-order valence-electron chi connectivity index (χ2n) is 5.18. The predicted octanol–water partition coefficient (Wildman–Crippen LogP) is 1.72. The zero-order chi connectivity index (χ0) is 13.4. The minimum absolute atomic E-state index is 0.233. The Morgan fingerprint density at radius 2 is 2.26 bits per heavy atom. The van der Waals surface area contributed by atoms with E-state index < -0.39 is 5.97 Å². The van der Waals surface area contributed by atoms with Crippen molar-refractivity contribution in [1.82, 2.24) is 0 Å². The van der Waals surface area contributed by atoms with Gasteiger partial charge in [-0.15, -0.1) is 0 Å². The maximum Gasteiger partial charge on any atom is 0.337 e. The summed E-state index contributed by atoms with van der Waals surface area (Å²) in [5.74, 6) is -0.906. The third kappa shape index (κ3) is 2.14. The molecule has 2 aliphatic rings. The second-order valence-corrected chi connectivity index (χ2v) is 5.18. The molecule has 5 heteroatoms. The molecular weight excluding hydrogens is 244 g/mol. The number of nitrogens with two attached hydrogens (primary N) is 1. The number of anilines is 2. The van der Waals surface area contributed by atoms with Gasteiger partial charge in [0, 0.05) is 12.2 Å². The lowest BCUT2D eigenvalue weighted by Crippen LogP contribution is -2.49. The summed E-state index contributed by atoms with van der Waals surface area (Å²) >= 11 is 0. The van der Waals surface area contributed by atoms with Crippen molar-refractivity contribution in [3.05, 3.63) is 23.8 Å². The molecule has 1 saturated heterocycles. The van der Waals surface area contributed by atoms with Gasteiger partial charge in [-0.05, 0) is 37.5 Å². The predicted molar refractivity (Wildman–Crippen MR) is 72.5 cm³/mol. The minimum Gasteiger partial charge on any atom is -0.478 e. The van der Waals surface area contributed by atoms with Gasteiger partial charge in [0.2, 0.25) is 0 Å². The van der Waals surface area contributed by atoms with Gasteiger partial charge in [-0.25, -0.2) is 4.79 Å². The van der Waals surface area contributed by atoms with Crippen molar-refractivity contribution < 1.29 is 14.6 Å². The number of morpholine rings is 1. The Kier molecular flexibility index (Phi) is 3.06. The van der Waals surface area contributed by atoms with E-state index in [1.807, 2.05) is 0 Å². The molecule has 2 unspecified atom stereocenters. The van der Waals surface area contributed by atoms with E-state index in [1.165, 1.54) is 0 Å². The van der Waals surface area contributed by atoms with Gasteiger partial charge < -0.3 is 20.5 Å². The first-order valence-corrected chi connectivity index (χ1v) is 6.68. The summed E-state index contributed by atoms with van der Waals surface area (Å²) in [5, 5.41) is 9.33. The van der Waals surface area contributed by atoms with Crippen molar-refractivity contribution >= 4 is 17.3 Å². The van der Waals surface area contributed by atoms with Crippen LogP contribution in [0.5, 0.6) is 0 Å². The summed E-state index contributed by atoms with van der Waals surface area (Å²) < 4.78 is 5.76. The molecule has 0 aromatic heterocycles. The molecule has 1 heterocycles. The van der Waals surface area contributed by atoms with Gasteiger partial charge in [0.1, 0.15) is 0 Å². The molecule has 1 aliphatic heterocycles. The number of hydrogen-bond donors (Lipinski definition) is 2. The fraction of sp³-hybridized carbons (Fsp3) is 0.500. The third-order valence-corrected chi connectivity index (χ3v) is 4.04. The van der Waals surface area contributed by atoms with Crippen LogP contribution in [-0.2, 0) is 4.74 Å². The molecule has 2 fully saturated rings. The van der Waals surface area contributed by atoms with E-state index in [-0.39, 0.29) is 12.1 Å². The molecule has 0 spiro atoms. The number of carboxylic acid groups (broad SMARTS) is 1. The van der Waals surface area contributed by atoms with E-state index in [9.17, 15) is 9.90 Å². The van der Waals surface area contributed by atoms with Gasteiger partial charge >= 0.3 is 5.97 Å². The Hall–Kier alpha value is -1.75. The van der Waals surface area contributed by atoms with Crippen molar-refractivity contribution in [2.24, 2.45) is 0 Å². The van der Waals surface area contributed by atoms with Crippen LogP contribution >= 0.6 is 0 Å². The highest BCUT2D eigenvalue weighted by molar-refractivity contribution is 5.95. The van der Waals surface area contributed by atoms with Crippen molar-refractivity contribution in [3.63, 3.8) is 0 Å². The van der Waals surface area contributed by atoms with Gasteiger partial charge in [0.25, 0.3) is 0 Å². The summed E-state index contributed by atoms with van der Waals surface area (Å²) in [5.41, 5.74) is 7.47. The first-order chi connectivity index (χ1) is 9.16. The Morgan fingerprint density at radius 3 is 3.05 bits per heavy atom. The summed E-state index contributed by atoms with van der Waals surface area (Å²) in [4.78, 5) is 13.5. The summed E-state index contributed by atoms with van der Waals surface area (Å²) in [7, 11) is 0. The van der Waals surface area contributed by atoms with Crippen molar-refractivity contribution in [1.29, 1.82) is 0 Å². The Bertz CT molecular complexity index is 503. The molecule has 0 amide bonds. The largest absolute Gasteiger partial charge is 0.478 e. The van der Waals surface area contributed by atoms with Crippen LogP contribution in [-0.4, -0.2) is 36.4 Å². The number of nitrogen functional groups attached to an aromatic ring is 1. The topological polar surface area (TPSA) is 75.8 Å². The molecule has 2 atom stereocenters. The van der Waals surface area contributed by atoms with Gasteiger partial charge in [-0.2, -0.15) is 0 Å². The first kappa shape index (κ1) is 12.3. The number of carbonyl (C=O) groups is 1. The maximum atomic E-state index is 11.4. The lowest BCUT2D eigenvalue weighted by molar-refractivity contribution is 0.0254. The zero-order valence-corrected chi connectivity index (χ0v) is 10.7.